The summed E-state index contributed by atoms with van der Waals surface area (Å²) in [6.07, 6.45) is 3.41. The molecule has 0 N–H and O–H groups in total. The van der Waals surface area contributed by atoms with E-state index in [9.17, 15) is 4.79 Å². The standard InChI is InChI=1S/C20H15Cl2FN4OS/c1-3-26-10-12(9-24-26)27-18-13(7-8-14(21)17(18)23)19(20(27)22)29-16-6-4-5-15(25-16)11(2)28/h4-10H,3H2,1-2H3. The Bertz CT molecular complexity index is 1250. The zero-order valence-corrected chi connectivity index (χ0v) is 17.8. The Balaban J connectivity index is 1.93. The monoisotopic (exact) mass is 448 g/mol. The SMILES string of the molecule is CCn1cc(-n2c(Cl)c(Sc3cccc(C(C)=O)n3)c3ccc(Cl)c(F)c32)cn1. The van der Waals surface area contributed by atoms with Gasteiger partial charge in [-0.1, -0.05) is 41.0 Å². The summed E-state index contributed by atoms with van der Waals surface area (Å²) in [5.74, 6) is -0.696. The van der Waals surface area contributed by atoms with Gasteiger partial charge in [-0.2, -0.15) is 5.10 Å². The molecule has 9 heteroatoms. The Morgan fingerprint density at radius 1 is 1.24 bits per heavy atom. The summed E-state index contributed by atoms with van der Waals surface area (Å²) in [5, 5.41) is 5.76. The number of halogens is 3. The van der Waals surface area contributed by atoms with Crippen molar-refractivity contribution in [3.05, 3.63) is 64.4 Å². The molecule has 29 heavy (non-hydrogen) atoms. The zero-order chi connectivity index (χ0) is 20.7. The molecule has 0 bridgehead atoms. The largest absolute Gasteiger partial charge is 0.293 e. The minimum atomic E-state index is -0.562. The molecule has 0 fully saturated rings. The molecule has 0 amide bonds. The van der Waals surface area contributed by atoms with Gasteiger partial charge in [0, 0.05) is 25.1 Å². The molecule has 0 saturated heterocycles. The van der Waals surface area contributed by atoms with Crippen LogP contribution in [0.4, 0.5) is 4.39 Å². The number of aryl methyl sites for hydroxylation is 1. The van der Waals surface area contributed by atoms with Gasteiger partial charge in [0.1, 0.15) is 15.9 Å². The lowest BCUT2D eigenvalue weighted by atomic mass is 10.2. The Hall–Kier alpha value is -2.35. The molecule has 3 aromatic heterocycles. The van der Waals surface area contributed by atoms with Crippen molar-refractivity contribution in [2.75, 3.05) is 0 Å². The minimum Gasteiger partial charge on any atom is -0.293 e. The topological polar surface area (TPSA) is 52.7 Å². The molecule has 0 radical (unpaired) electrons. The number of pyridine rings is 1. The maximum absolute atomic E-state index is 15.0. The number of benzene rings is 1. The van der Waals surface area contributed by atoms with Gasteiger partial charge < -0.3 is 0 Å². The summed E-state index contributed by atoms with van der Waals surface area (Å²) in [4.78, 5) is 16.6. The third-order valence-corrected chi connectivity index (χ3v) is 6.23. The molecule has 5 nitrogen and oxygen atoms in total. The number of carbonyl (C=O) groups excluding carboxylic acids is 1. The zero-order valence-electron chi connectivity index (χ0n) is 15.5. The van der Waals surface area contributed by atoms with Gasteiger partial charge >= 0.3 is 0 Å². The van der Waals surface area contributed by atoms with Gasteiger partial charge in [-0.05, 0) is 31.2 Å². The van der Waals surface area contributed by atoms with Gasteiger partial charge in [0.15, 0.2) is 11.6 Å². The van der Waals surface area contributed by atoms with E-state index in [1.807, 2.05) is 6.92 Å². The fourth-order valence-corrected chi connectivity index (χ4v) is 4.51. The molecule has 0 unspecified atom stereocenters. The normalized spacial score (nSPS) is 11.3. The molecular weight excluding hydrogens is 434 g/mol. The molecule has 0 aliphatic heterocycles. The summed E-state index contributed by atoms with van der Waals surface area (Å²) >= 11 is 14.0. The van der Waals surface area contributed by atoms with E-state index in [0.29, 0.717) is 38.4 Å². The van der Waals surface area contributed by atoms with Gasteiger partial charge in [0.25, 0.3) is 0 Å². The average Bonchev–Trinajstić information content (AvgIpc) is 3.28. The van der Waals surface area contributed by atoms with Crippen molar-refractivity contribution in [3.8, 4) is 5.69 Å². The highest BCUT2D eigenvalue weighted by molar-refractivity contribution is 7.99. The van der Waals surface area contributed by atoms with Gasteiger partial charge in [0.05, 0.1) is 27.3 Å². The second kappa shape index (κ2) is 7.82. The predicted octanol–water partition coefficient (Wildman–Crippen LogP) is 6.04. The van der Waals surface area contributed by atoms with Gasteiger partial charge in [-0.25, -0.2) is 9.37 Å². The summed E-state index contributed by atoms with van der Waals surface area (Å²) in [5.41, 5.74) is 1.25. The van der Waals surface area contributed by atoms with Crippen LogP contribution in [-0.4, -0.2) is 25.1 Å². The molecule has 0 aliphatic rings. The Kier molecular flexibility index (Phi) is 5.38. The van der Waals surface area contributed by atoms with Crippen molar-refractivity contribution in [2.24, 2.45) is 0 Å². The number of carbonyl (C=O) groups is 1. The molecule has 0 aliphatic carbocycles. The predicted molar refractivity (Wildman–Crippen MR) is 113 cm³/mol. The van der Waals surface area contributed by atoms with Crippen LogP contribution < -0.4 is 0 Å². The number of aromatic nitrogens is 4. The van der Waals surface area contributed by atoms with E-state index < -0.39 is 5.82 Å². The lowest BCUT2D eigenvalue weighted by molar-refractivity contribution is 0.101. The number of ketones is 1. The molecule has 4 aromatic rings. The highest BCUT2D eigenvalue weighted by Gasteiger charge is 2.23. The van der Waals surface area contributed by atoms with Crippen molar-refractivity contribution in [1.82, 2.24) is 19.3 Å². The summed E-state index contributed by atoms with van der Waals surface area (Å²) < 4.78 is 18.3. The van der Waals surface area contributed by atoms with Gasteiger partial charge in [0.2, 0.25) is 0 Å². The van der Waals surface area contributed by atoms with Crippen LogP contribution in [0.3, 0.4) is 0 Å². The number of nitrogens with zero attached hydrogens (tertiary/aromatic N) is 4. The lowest BCUT2D eigenvalue weighted by Gasteiger charge is -2.05. The number of Topliss-reactive ketones (excluding diaryl/α,β-unsaturated/α-hetero) is 1. The van der Waals surface area contributed by atoms with Crippen molar-refractivity contribution in [1.29, 1.82) is 0 Å². The summed E-state index contributed by atoms with van der Waals surface area (Å²) in [7, 11) is 0. The van der Waals surface area contributed by atoms with E-state index in [1.54, 1.807) is 45.9 Å². The molecule has 3 heterocycles. The first-order valence-corrected chi connectivity index (χ1v) is 10.3. The second-order valence-electron chi connectivity index (χ2n) is 6.29. The van der Waals surface area contributed by atoms with Crippen LogP contribution in [0.15, 0.2) is 52.6 Å². The Labute approximate surface area is 180 Å². The van der Waals surface area contributed by atoms with E-state index in [2.05, 4.69) is 10.1 Å². The van der Waals surface area contributed by atoms with E-state index in [0.717, 1.165) is 0 Å². The van der Waals surface area contributed by atoms with E-state index in [4.69, 9.17) is 23.2 Å². The Morgan fingerprint density at radius 3 is 2.72 bits per heavy atom. The van der Waals surface area contributed by atoms with E-state index in [-0.39, 0.29) is 16.3 Å². The van der Waals surface area contributed by atoms with Crippen LogP contribution in [0.5, 0.6) is 0 Å². The van der Waals surface area contributed by atoms with Crippen molar-refractivity contribution >= 4 is 51.6 Å². The molecule has 1 aromatic carbocycles. The van der Waals surface area contributed by atoms with Crippen LogP contribution >= 0.6 is 35.0 Å². The third kappa shape index (κ3) is 3.54. The maximum atomic E-state index is 15.0. The quantitative estimate of drug-likeness (QED) is 0.349. The molecular formula is C20H15Cl2FN4OS. The van der Waals surface area contributed by atoms with E-state index >= 15 is 4.39 Å². The smallest absolute Gasteiger partial charge is 0.178 e. The maximum Gasteiger partial charge on any atom is 0.178 e. The van der Waals surface area contributed by atoms with Gasteiger partial charge in [-0.3, -0.25) is 14.0 Å². The fraction of sp³-hybridized carbons (Fsp3) is 0.150. The number of hydrogen-bond donors (Lipinski definition) is 0. The van der Waals surface area contributed by atoms with Crippen molar-refractivity contribution in [3.63, 3.8) is 0 Å². The highest BCUT2D eigenvalue weighted by atomic mass is 35.5. The first-order valence-electron chi connectivity index (χ1n) is 8.77. The van der Waals surface area contributed by atoms with E-state index in [1.165, 1.54) is 24.8 Å². The van der Waals surface area contributed by atoms with Crippen molar-refractivity contribution in [2.45, 2.75) is 30.3 Å². The molecule has 0 atom stereocenters. The molecule has 4 rings (SSSR count). The van der Waals surface area contributed by atoms with Crippen LogP contribution in [0, 0.1) is 5.82 Å². The lowest BCUT2D eigenvalue weighted by Crippen LogP contribution is -1.97. The van der Waals surface area contributed by atoms with Crippen LogP contribution in [0.2, 0.25) is 10.2 Å². The number of rotatable bonds is 5. The fourth-order valence-electron chi connectivity index (χ4n) is 3.01. The number of hydrogen-bond acceptors (Lipinski definition) is 4. The summed E-state index contributed by atoms with van der Waals surface area (Å²) in [6, 6.07) is 8.40. The molecule has 0 spiro atoms. The van der Waals surface area contributed by atoms with Gasteiger partial charge in [-0.15, -0.1) is 0 Å². The third-order valence-electron chi connectivity index (χ3n) is 4.41. The average molecular weight is 449 g/mol. The highest BCUT2D eigenvalue weighted by Crippen LogP contribution is 2.43. The van der Waals surface area contributed by atoms with Crippen LogP contribution in [0.25, 0.3) is 16.6 Å². The van der Waals surface area contributed by atoms with Crippen molar-refractivity contribution < 1.29 is 9.18 Å². The number of fused-ring (bicyclic) bond motifs is 1. The summed E-state index contributed by atoms with van der Waals surface area (Å²) in [6.45, 7) is 4.08. The first kappa shape index (κ1) is 19.9. The second-order valence-corrected chi connectivity index (χ2v) is 8.08. The minimum absolute atomic E-state index is 0.00375. The molecule has 0 saturated carbocycles. The first-order chi connectivity index (χ1) is 13.9. The van der Waals surface area contributed by atoms with Crippen LogP contribution in [-0.2, 0) is 6.54 Å². The van der Waals surface area contributed by atoms with Crippen LogP contribution in [0.1, 0.15) is 24.3 Å². The Morgan fingerprint density at radius 2 is 2.03 bits per heavy atom. The molecule has 148 valence electrons.